The molecule has 5 heterocycles. The van der Waals surface area contributed by atoms with Crippen LogP contribution in [0.3, 0.4) is 0 Å². The SMILES string of the molecule is Cc1nn(C)cc1N(Cc1cn2cc(C(F)(F)F)ccc2n1)C(=O)c1ccc2nc(N)c3c(c2c1)COC3. The molecule has 0 aliphatic carbocycles. The van der Waals surface area contributed by atoms with Crippen LogP contribution in [0.4, 0.5) is 24.7 Å². The zero-order chi connectivity index (χ0) is 26.8. The Morgan fingerprint density at radius 2 is 1.89 bits per heavy atom. The number of aromatic nitrogens is 5. The van der Waals surface area contributed by atoms with Crippen LogP contribution >= 0.6 is 0 Å². The fraction of sp³-hybridized carbons (Fsp3) is 0.231. The van der Waals surface area contributed by atoms with Crippen molar-refractivity contribution in [2.45, 2.75) is 32.9 Å². The lowest BCUT2D eigenvalue weighted by atomic mass is 10.0. The second-order valence-electron chi connectivity index (χ2n) is 9.26. The van der Waals surface area contributed by atoms with Gasteiger partial charge in [0.05, 0.1) is 47.9 Å². The van der Waals surface area contributed by atoms with Gasteiger partial charge in [-0.2, -0.15) is 18.3 Å². The van der Waals surface area contributed by atoms with Crippen LogP contribution in [0.5, 0.6) is 0 Å². The third-order valence-corrected chi connectivity index (χ3v) is 6.65. The maximum absolute atomic E-state index is 14.0. The molecule has 0 fully saturated rings. The number of ether oxygens (including phenoxy) is 1. The third-order valence-electron chi connectivity index (χ3n) is 6.65. The molecule has 0 saturated heterocycles. The van der Waals surface area contributed by atoms with Gasteiger partial charge in [-0.3, -0.25) is 14.4 Å². The molecule has 4 aromatic heterocycles. The summed E-state index contributed by atoms with van der Waals surface area (Å²) in [5.41, 5.74) is 10.0. The highest BCUT2D eigenvalue weighted by Gasteiger charge is 2.31. The van der Waals surface area contributed by atoms with Crippen LogP contribution in [0.1, 0.15) is 38.4 Å². The number of halogens is 3. The molecular weight excluding hydrogens is 499 g/mol. The molecule has 1 aliphatic heterocycles. The number of hydrogen-bond donors (Lipinski definition) is 1. The number of nitrogen functional groups attached to an aromatic ring is 1. The summed E-state index contributed by atoms with van der Waals surface area (Å²) in [7, 11) is 1.75. The molecule has 0 spiro atoms. The van der Waals surface area contributed by atoms with Crippen molar-refractivity contribution in [3.63, 3.8) is 0 Å². The monoisotopic (exact) mass is 521 g/mol. The van der Waals surface area contributed by atoms with Gasteiger partial charge < -0.3 is 14.9 Å². The number of pyridine rings is 2. The van der Waals surface area contributed by atoms with E-state index in [9.17, 15) is 18.0 Å². The molecule has 2 N–H and O–H groups in total. The number of nitrogens with zero attached hydrogens (tertiary/aromatic N) is 6. The van der Waals surface area contributed by atoms with Gasteiger partial charge in [-0.15, -0.1) is 0 Å². The number of carbonyl (C=O) groups excluding carboxylic acids is 1. The molecule has 1 aliphatic rings. The molecule has 194 valence electrons. The normalized spacial score (nSPS) is 13.4. The Hall–Kier alpha value is -4.45. The van der Waals surface area contributed by atoms with Crippen molar-refractivity contribution in [2.24, 2.45) is 7.05 Å². The summed E-state index contributed by atoms with van der Waals surface area (Å²) in [5, 5.41) is 5.15. The predicted molar refractivity (Wildman–Crippen MR) is 133 cm³/mol. The highest BCUT2D eigenvalue weighted by atomic mass is 19.4. The lowest BCUT2D eigenvalue weighted by Gasteiger charge is -2.21. The molecule has 9 nitrogen and oxygen atoms in total. The van der Waals surface area contributed by atoms with Crippen LogP contribution < -0.4 is 10.6 Å². The minimum atomic E-state index is -4.48. The Kier molecular flexibility index (Phi) is 5.38. The van der Waals surface area contributed by atoms with E-state index in [4.69, 9.17) is 10.5 Å². The standard InChI is InChI=1S/C26H22F3N7O2/c1-14-22(11-34(2)33-14)36(10-17-9-35-8-16(26(27,28)29)4-6-23(35)31-17)25(37)15-3-5-21-18(7-15)19-12-38-13-20(19)24(30)32-21/h3-9,11H,10,12-13H2,1-2H3,(H2,30,32). The lowest BCUT2D eigenvalue weighted by Crippen LogP contribution is -2.31. The first-order chi connectivity index (χ1) is 18.1. The van der Waals surface area contributed by atoms with Crippen molar-refractivity contribution in [1.29, 1.82) is 0 Å². The predicted octanol–water partition coefficient (Wildman–Crippen LogP) is 4.40. The van der Waals surface area contributed by atoms with E-state index in [2.05, 4.69) is 15.1 Å². The molecule has 5 aromatic rings. The maximum Gasteiger partial charge on any atom is 0.417 e. The first kappa shape index (κ1) is 23.9. The number of imidazole rings is 1. The van der Waals surface area contributed by atoms with Crippen LogP contribution in [-0.4, -0.2) is 30.1 Å². The minimum absolute atomic E-state index is 0.0215. The van der Waals surface area contributed by atoms with Crippen LogP contribution in [0.25, 0.3) is 16.6 Å². The largest absolute Gasteiger partial charge is 0.417 e. The molecule has 38 heavy (non-hydrogen) atoms. The number of alkyl halides is 3. The van der Waals surface area contributed by atoms with Crippen molar-refractivity contribution in [3.05, 3.63) is 82.6 Å². The third kappa shape index (κ3) is 4.02. The van der Waals surface area contributed by atoms with Crippen molar-refractivity contribution < 1.29 is 22.7 Å². The molecular formula is C26H22F3N7O2. The van der Waals surface area contributed by atoms with E-state index in [1.807, 2.05) is 0 Å². The number of fused-ring (bicyclic) bond motifs is 4. The first-order valence-corrected chi connectivity index (χ1v) is 11.7. The van der Waals surface area contributed by atoms with Gasteiger partial charge in [0, 0.05) is 42.2 Å². The molecule has 0 radical (unpaired) electrons. The Balaban J connectivity index is 1.41. The quantitative estimate of drug-likeness (QED) is 0.376. The summed E-state index contributed by atoms with van der Waals surface area (Å²) in [6.07, 6.45) is -0.278. The Labute approximate surface area is 214 Å². The summed E-state index contributed by atoms with van der Waals surface area (Å²) in [4.78, 5) is 24.4. The number of hydrogen-bond acceptors (Lipinski definition) is 6. The van der Waals surface area contributed by atoms with E-state index in [-0.39, 0.29) is 12.5 Å². The van der Waals surface area contributed by atoms with Gasteiger partial charge >= 0.3 is 6.18 Å². The lowest BCUT2D eigenvalue weighted by molar-refractivity contribution is -0.137. The second-order valence-corrected chi connectivity index (χ2v) is 9.26. The van der Waals surface area contributed by atoms with E-state index < -0.39 is 11.7 Å². The van der Waals surface area contributed by atoms with Crippen molar-refractivity contribution in [3.8, 4) is 0 Å². The molecule has 0 bridgehead atoms. The van der Waals surface area contributed by atoms with Gasteiger partial charge in [-0.05, 0) is 42.8 Å². The van der Waals surface area contributed by atoms with Crippen molar-refractivity contribution in [2.75, 3.05) is 10.6 Å². The van der Waals surface area contributed by atoms with Gasteiger partial charge in [0.25, 0.3) is 5.91 Å². The fourth-order valence-corrected chi connectivity index (χ4v) is 4.83. The number of rotatable bonds is 4. The first-order valence-electron chi connectivity index (χ1n) is 11.7. The van der Waals surface area contributed by atoms with Crippen LogP contribution in [0.2, 0.25) is 0 Å². The molecule has 12 heteroatoms. The Morgan fingerprint density at radius 3 is 2.63 bits per heavy atom. The van der Waals surface area contributed by atoms with E-state index in [1.54, 1.807) is 43.0 Å². The molecule has 0 saturated carbocycles. The maximum atomic E-state index is 14.0. The molecule has 1 aromatic carbocycles. The summed E-state index contributed by atoms with van der Waals surface area (Å²) in [6, 6.07) is 7.49. The average Bonchev–Trinajstić information content (AvgIpc) is 3.59. The average molecular weight is 522 g/mol. The fourth-order valence-electron chi connectivity index (χ4n) is 4.83. The van der Waals surface area contributed by atoms with Gasteiger partial charge in [0.15, 0.2) is 0 Å². The number of nitrogens with two attached hydrogens (primary N) is 1. The van der Waals surface area contributed by atoms with Crippen molar-refractivity contribution in [1.82, 2.24) is 24.1 Å². The minimum Gasteiger partial charge on any atom is -0.383 e. The van der Waals surface area contributed by atoms with E-state index >= 15 is 0 Å². The highest BCUT2D eigenvalue weighted by Crippen LogP contribution is 2.33. The van der Waals surface area contributed by atoms with Gasteiger partial charge in [-0.25, -0.2) is 9.97 Å². The number of aryl methyl sites for hydroxylation is 2. The van der Waals surface area contributed by atoms with Crippen LogP contribution in [-0.2, 0) is 37.7 Å². The molecule has 0 unspecified atom stereocenters. The number of anilines is 2. The smallest absolute Gasteiger partial charge is 0.383 e. The van der Waals surface area contributed by atoms with Crippen molar-refractivity contribution >= 4 is 34.0 Å². The van der Waals surface area contributed by atoms with Crippen LogP contribution in [0.15, 0.2) is 48.9 Å². The number of amides is 1. The number of carbonyl (C=O) groups is 1. The van der Waals surface area contributed by atoms with Gasteiger partial charge in [0.1, 0.15) is 11.5 Å². The zero-order valence-corrected chi connectivity index (χ0v) is 20.5. The van der Waals surface area contributed by atoms with Crippen LogP contribution in [0, 0.1) is 6.92 Å². The summed E-state index contributed by atoms with van der Waals surface area (Å²) in [6.45, 7) is 2.55. The topological polar surface area (TPSA) is 104 Å². The Morgan fingerprint density at radius 1 is 1.11 bits per heavy atom. The van der Waals surface area contributed by atoms with E-state index in [1.165, 1.54) is 21.6 Å². The van der Waals surface area contributed by atoms with E-state index in [0.29, 0.717) is 52.8 Å². The molecule has 6 rings (SSSR count). The summed E-state index contributed by atoms with van der Waals surface area (Å²) >= 11 is 0. The van der Waals surface area contributed by atoms with Gasteiger partial charge in [0.2, 0.25) is 0 Å². The Bertz CT molecular complexity index is 1740. The summed E-state index contributed by atoms with van der Waals surface area (Å²) < 4.78 is 48.1. The van der Waals surface area contributed by atoms with Gasteiger partial charge in [-0.1, -0.05) is 0 Å². The second kappa shape index (κ2) is 8.55. The summed E-state index contributed by atoms with van der Waals surface area (Å²) in [5.74, 6) is 0.0951. The number of benzene rings is 1. The highest BCUT2D eigenvalue weighted by molar-refractivity contribution is 6.08. The molecule has 0 atom stereocenters. The zero-order valence-electron chi connectivity index (χ0n) is 20.5. The van der Waals surface area contributed by atoms with E-state index in [0.717, 1.165) is 28.8 Å². The molecule has 1 amide bonds.